The number of carbonyl (C=O) groups is 1. The molecule has 0 saturated heterocycles. The summed E-state index contributed by atoms with van der Waals surface area (Å²) in [5.41, 5.74) is 1.23. The minimum absolute atomic E-state index is 0.323. The predicted octanol–water partition coefficient (Wildman–Crippen LogP) is 5.59. The van der Waals surface area contributed by atoms with Crippen molar-refractivity contribution in [2.75, 3.05) is 5.32 Å². The molecule has 0 saturated carbocycles. The van der Waals surface area contributed by atoms with Crippen LogP contribution in [0.15, 0.2) is 53.0 Å². The summed E-state index contributed by atoms with van der Waals surface area (Å²) in [5, 5.41) is 5.73. The normalized spacial score (nSPS) is 12.6. The molecule has 23 heavy (non-hydrogen) atoms. The molecule has 2 aromatic carbocycles. The Hall–Kier alpha value is -0.210. The van der Waals surface area contributed by atoms with Gasteiger partial charge in [-0.1, -0.05) is 62.9 Å². The number of amides is 1. The summed E-state index contributed by atoms with van der Waals surface area (Å²) in [6.07, 6.45) is -0.891. The molecule has 0 aliphatic rings. The highest BCUT2D eigenvalue weighted by atomic mass is 127. The van der Waals surface area contributed by atoms with E-state index in [9.17, 15) is 4.79 Å². The molecule has 0 unspecified atom stereocenters. The third kappa shape index (κ3) is 5.67. The lowest BCUT2D eigenvalue weighted by atomic mass is 10.2. The van der Waals surface area contributed by atoms with Crippen LogP contribution in [0.5, 0.6) is 0 Å². The van der Waals surface area contributed by atoms with Gasteiger partial charge in [0.25, 0.3) is 5.91 Å². The van der Waals surface area contributed by atoms with Crippen molar-refractivity contribution in [1.29, 1.82) is 0 Å². The van der Waals surface area contributed by atoms with Crippen LogP contribution in [-0.2, 0) is 0 Å². The van der Waals surface area contributed by atoms with Crippen molar-refractivity contribution in [3.63, 3.8) is 0 Å². The number of halogens is 5. The molecule has 1 atom stereocenters. The van der Waals surface area contributed by atoms with Gasteiger partial charge in [0.1, 0.15) is 6.17 Å². The lowest BCUT2D eigenvalue weighted by molar-refractivity contribution is 0.0941. The van der Waals surface area contributed by atoms with Gasteiger partial charge in [0.2, 0.25) is 3.79 Å². The molecular weight excluding hydrogens is 537 g/mol. The van der Waals surface area contributed by atoms with Gasteiger partial charge in [0, 0.05) is 13.7 Å². The standard InChI is InChI=1S/C15H11BrCl3IN2O/c16-9-5-7-10(8-6-9)21-14(15(17,18)19)22-13(23)11-3-1-2-4-12(11)20/h1-8,14,21H,(H,22,23)/t14-/m0/s1. The van der Waals surface area contributed by atoms with Gasteiger partial charge in [-0.15, -0.1) is 0 Å². The first kappa shape index (κ1) is 19.1. The molecule has 0 bridgehead atoms. The summed E-state index contributed by atoms with van der Waals surface area (Å²) in [6.45, 7) is 0. The summed E-state index contributed by atoms with van der Waals surface area (Å²) >= 11 is 23.4. The van der Waals surface area contributed by atoms with Crippen LogP contribution in [0.1, 0.15) is 10.4 Å². The van der Waals surface area contributed by atoms with Crippen LogP contribution in [-0.4, -0.2) is 15.9 Å². The van der Waals surface area contributed by atoms with Gasteiger partial charge in [-0.2, -0.15) is 0 Å². The van der Waals surface area contributed by atoms with Crippen LogP contribution in [0.3, 0.4) is 0 Å². The van der Waals surface area contributed by atoms with Gasteiger partial charge in [-0.3, -0.25) is 4.79 Å². The Balaban J connectivity index is 2.18. The smallest absolute Gasteiger partial charge is 0.254 e. The van der Waals surface area contributed by atoms with Crippen LogP contribution >= 0.6 is 73.3 Å². The monoisotopic (exact) mass is 546 g/mol. The van der Waals surface area contributed by atoms with Crippen molar-refractivity contribution in [1.82, 2.24) is 5.32 Å². The SMILES string of the molecule is O=C(N[C@H](Nc1ccc(Br)cc1)C(Cl)(Cl)Cl)c1ccccc1I. The van der Waals surface area contributed by atoms with Gasteiger partial charge in [0.15, 0.2) is 0 Å². The Bertz CT molecular complexity index is 692. The lowest BCUT2D eigenvalue weighted by Gasteiger charge is -2.27. The molecule has 0 radical (unpaired) electrons. The van der Waals surface area contributed by atoms with Crippen LogP contribution in [0.25, 0.3) is 0 Å². The van der Waals surface area contributed by atoms with Crippen LogP contribution < -0.4 is 10.6 Å². The van der Waals surface area contributed by atoms with Crippen molar-refractivity contribution < 1.29 is 4.79 Å². The third-order valence-corrected chi connectivity index (χ3v) is 5.00. The number of nitrogens with one attached hydrogen (secondary N) is 2. The molecule has 0 aliphatic carbocycles. The fourth-order valence-electron chi connectivity index (χ4n) is 1.77. The summed E-state index contributed by atoms with van der Waals surface area (Å²) < 4.78 is 0.0221. The van der Waals surface area contributed by atoms with E-state index in [-0.39, 0.29) is 5.91 Å². The van der Waals surface area contributed by atoms with E-state index in [1.165, 1.54) is 0 Å². The van der Waals surface area contributed by atoms with Crippen LogP contribution in [0.2, 0.25) is 0 Å². The van der Waals surface area contributed by atoms with Gasteiger partial charge < -0.3 is 10.6 Å². The third-order valence-electron chi connectivity index (χ3n) is 2.88. The molecule has 2 N–H and O–H groups in total. The molecule has 122 valence electrons. The minimum Gasteiger partial charge on any atom is -0.362 e. The van der Waals surface area contributed by atoms with E-state index < -0.39 is 9.96 Å². The second-order valence-electron chi connectivity index (χ2n) is 4.58. The van der Waals surface area contributed by atoms with Gasteiger partial charge >= 0.3 is 0 Å². The zero-order valence-electron chi connectivity index (χ0n) is 11.5. The Morgan fingerprint density at radius 2 is 1.70 bits per heavy atom. The fourth-order valence-corrected chi connectivity index (χ4v) is 2.99. The number of benzene rings is 2. The molecule has 3 nitrogen and oxygen atoms in total. The van der Waals surface area contributed by atoms with Crippen molar-refractivity contribution in [2.45, 2.75) is 9.96 Å². The molecule has 0 heterocycles. The maximum atomic E-state index is 12.4. The fraction of sp³-hybridized carbons (Fsp3) is 0.133. The zero-order valence-corrected chi connectivity index (χ0v) is 17.5. The van der Waals surface area contributed by atoms with E-state index in [1.54, 1.807) is 12.1 Å². The van der Waals surface area contributed by atoms with Crippen LogP contribution in [0.4, 0.5) is 5.69 Å². The molecule has 2 rings (SSSR count). The molecule has 8 heteroatoms. The first-order chi connectivity index (χ1) is 10.8. The van der Waals surface area contributed by atoms with Crippen molar-refractivity contribution >= 4 is 84.9 Å². The van der Waals surface area contributed by atoms with Gasteiger partial charge in [0.05, 0.1) is 5.56 Å². The Labute approximate surface area is 171 Å². The first-order valence-corrected chi connectivity index (χ1v) is 9.42. The molecule has 0 fully saturated rings. The molecule has 0 aliphatic heterocycles. The Kier molecular flexibility index (Phi) is 6.86. The van der Waals surface area contributed by atoms with Gasteiger partial charge in [-0.05, 0) is 59.0 Å². The summed E-state index contributed by atoms with van der Waals surface area (Å²) in [6, 6.07) is 14.5. The average molecular weight is 548 g/mol. The second kappa shape index (κ2) is 8.25. The molecule has 0 spiro atoms. The summed E-state index contributed by atoms with van der Waals surface area (Å²) in [5.74, 6) is -0.323. The Morgan fingerprint density at radius 3 is 2.26 bits per heavy atom. The number of hydrogen-bond donors (Lipinski definition) is 2. The number of carbonyl (C=O) groups excluding carboxylic acids is 1. The highest BCUT2D eigenvalue weighted by molar-refractivity contribution is 14.1. The molecular formula is C15H11BrCl3IN2O. The number of rotatable bonds is 4. The van der Waals surface area contributed by atoms with Crippen molar-refractivity contribution in [3.05, 3.63) is 62.1 Å². The quantitative estimate of drug-likeness (QED) is 0.297. The van der Waals surface area contributed by atoms with Gasteiger partial charge in [-0.25, -0.2) is 0 Å². The van der Waals surface area contributed by atoms with E-state index in [4.69, 9.17) is 34.8 Å². The maximum Gasteiger partial charge on any atom is 0.254 e. The van der Waals surface area contributed by atoms with Crippen LogP contribution in [0, 0.1) is 3.57 Å². The first-order valence-electron chi connectivity index (χ1n) is 6.41. The average Bonchev–Trinajstić information content (AvgIpc) is 2.48. The molecule has 1 amide bonds. The summed E-state index contributed by atoms with van der Waals surface area (Å²) in [7, 11) is 0. The van der Waals surface area contributed by atoms with Crippen molar-refractivity contribution in [2.24, 2.45) is 0 Å². The zero-order chi connectivity index (χ0) is 17.0. The minimum atomic E-state index is -1.72. The largest absolute Gasteiger partial charge is 0.362 e. The maximum absolute atomic E-state index is 12.4. The highest BCUT2D eigenvalue weighted by Gasteiger charge is 2.34. The number of alkyl halides is 3. The van der Waals surface area contributed by atoms with Crippen molar-refractivity contribution in [3.8, 4) is 0 Å². The second-order valence-corrected chi connectivity index (χ2v) is 9.03. The van der Waals surface area contributed by atoms with E-state index in [0.29, 0.717) is 11.3 Å². The highest BCUT2D eigenvalue weighted by Crippen LogP contribution is 2.31. The van der Waals surface area contributed by atoms with E-state index in [1.807, 2.05) is 36.4 Å². The predicted molar refractivity (Wildman–Crippen MR) is 108 cm³/mol. The van der Waals surface area contributed by atoms with E-state index >= 15 is 0 Å². The number of hydrogen-bond acceptors (Lipinski definition) is 2. The molecule has 2 aromatic rings. The number of anilines is 1. The van der Waals surface area contributed by atoms with E-state index in [0.717, 1.165) is 8.04 Å². The summed E-state index contributed by atoms with van der Waals surface area (Å²) in [4.78, 5) is 12.4. The lowest BCUT2D eigenvalue weighted by Crippen LogP contribution is -2.49. The molecule has 0 aromatic heterocycles. The topological polar surface area (TPSA) is 41.1 Å². The van der Waals surface area contributed by atoms with E-state index in [2.05, 4.69) is 49.2 Å². The Morgan fingerprint density at radius 1 is 1.09 bits per heavy atom.